The number of para-hydroxylation sites is 3. The lowest BCUT2D eigenvalue weighted by molar-refractivity contribution is 0.0937. The molecule has 0 aliphatic heterocycles. The molecular formula is C20H20N4O2. The smallest absolute Gasteiger partial charge is 0.271 e. The lowest BCUT2D eigenvalue weighted by Crippen LogP contribution is -2.30. The SMILES string of the molecule is CC(C)NC(=O)c1cnc(Nc2ccccc2Oc2ccccc2)cn1. The molecule has 26 heavy (non-hydrogen) atoms. The first-order valence-corrected chi connectivity index (χ1v) is 8.33. The highest BCUT2D eigenvalue weighted by atomic mass is 16.5. The van der Waals surface area contributed by atoms with Crippen molar-refractivity contribution in [3.05, 3.63) is 72.7 Å². The molecule has 0 aliphatic carbocycles. The Balaban J connectivity index is 1.74. The number of hydrogen-bond acceptors (Lipinski definition) is 5. The van der Waals surface area contributed by atoms with E-state index in [0.717, 1.165) is 11.4 Å². The maximum Gasteiger partial charge on any atom is 0.271 e. The van der Waals surface area contributed by atoms with E-state index < -0.39 is 0 Å². The van der Waals surface area contributed by atoms with Gasteiger partial charge in [-0.3, -0.25) is 4.79 Å². The predicted molar refractivity (Wildman–Crippen MR) is 101 cm³/mol. The van der Waals surface area contributed by atoms with Crippen molar-refractivity contribution < 1.29 is 9.53 Å². The number of aromatic nitrogens is 2. The van der Waals surface area contributed by atoms with E-state index in [1.165, 1.54) is 12.4 Å². The number of rotatable bonds is 6. The van der Waals surface area contributed by atoms with Crippen LogP contribution in [0.25, 0.3) is 0 Å². The predicted octanol–water partition coefficient (Wildman–Crippen LogP) is 4.15. The second-order valence-electron chi connectivity index (χ2n) is 5.95. The number of ether oxygens (including phenoxy) is 1. The molecule has 0 saturated carbocycles. The van der Waals surface area contributed by atoms with Gasteiger partial charge in [0.1, 0.15) is 17.3 Å². The molecule has 1 aromatic heterocycles. The van der Waals surface area contributed by atoms with Crippen LogP contribution in [-0.2, 0) is 0 Å². The van der Waals surface area contributed by atoms with Gasteiger partial charge >= 0.3 is 0 Å². The minimum Gasteiger partial charge on any atom is -0.455 e. The Bertz CT molecular complexity index is 864. The highest BCUT2D eigenvalue weighted by Gasteiger charge is 2.10. The minimum atomic E-state index is -0.244. The first-order valence-electron chi connectivity index (χ1n) is 8.33. The molecule has 0 fully saturated rings. The third kappa shape index (κ3) is 4.57. The summed E-state index contributed by atoms with van der Waals surface area (Å²) in [5.74, 6) is 1.69. The summed E-state index contributed by atoms with van der Waals surface area (Å²) in [4.78, 5) is 20.4. The Morgan fingerprint density at radius 2 is 1.69 bits per heavy atom. The molecule has 0 bridgehead atoms. The lowest BCUT2D eigenvalue weighted by atomic mass is 10.3. The van der Waals surface area contributed by atoms with E-state index in [1.54, 1.807) is 0 Å². The van der Waals surface area contributed by atoms with E-state index in [2.05, 4.69) is 20.6 Å². The van der Waals surface area contributed by atoms with Gasteiger partial charge < -0.3 is 15.4 Å². The molecule has 0 aliphatic rings. The van der Waals surface area contributed by atoms with Crippen LogP contribution >= 0.6 is 0 Å². The summed E-state index contributed by atoms with van der Waals surface area (Å²) in [7, 11) is 0. The van der Waals surface area contributed by atoms with Crippen molar-refractivity contribution in [2.75, 3.05) is 5.32 Å². The van der Waals surface area contributed by atoms with Gasteiger partial charge in [-0.15, -0.1) is 0 Å². The number of nitrogens with one attached hydrogen (secondary N) is 2. The summed E-state index contributed by atoms with van der Waals surface area (Å²) in [6.45, 7) is 3.79. The van der Waals surface area contributed by atoms with Crippen molar-refractivity contribution in [1.29, 1.82) is 0 Å². The van der Waals surface area contributed by atoms with E-state index in [1.807, 2.05) is 68.4 Å². The van der Waals surface area contributed by atoms with E-state index in [-0.39, 0.29) is 17.6 Å². The average molecular weight is 348 g/mol. The first-order chi connectivity index (χ1) is 12.6. The zero-order valence-corrected chi connectivity index (χ0v) is 14.6. The molecule has 2 aromatic carbocycles. The zero-order valence-electron chi connectivity index (χ0n) is 14.6. The third-order valence-electron chi connectivity index (χ3n) is 3.43. The lowest BCUT2D eigenvalue weighted by Gasteiger charge is -2.12. The van der Waals surface area contributed by atoms with Crippen LogP contribution in [-0.4, -0.2) is 21.9 Å². The second kappa shape index (κ2) is 8.11. The Hall–Kier alpha value is -3.41. The molecule has 0 atom stereocenters. The normalized spacial score (nSPS) is 10.4. The summed E-state index contributed by atoms with van der Waals surface area (Å²) in [6.07, 6.45) is 2.97. The summed E-state index contributed by atoms with van der Waals surface area (Å²) < 4.78 is 5.91. The average Bonchev–Trinajstić information content (AvgIpc) is 2.64. The maximum atomic E-state index is 11.9. The second-order valence-corrected chi connectivity index (χ2v) is 5.95. The largest absolute Gasteiger partial charge is 0.455 e. The first kappa shape index (κ1) is 17.4. The topological polar surface area (TPSA) is 76.1 Å². The van der Waals surface area contributed by atoms with Crippen molar-refractivity contribution in [3.63, 3.8) is 0 Å². The van der Waals surface area contributed by atoms with E-state index in [4.69, 9.17) is 4.74 Å². The highest BCUT2D eigenvalue weighted by Crippen LogP contribution is 2.30. The quantitative estimate of drug-likeness (QED) is 0.700. The van der Waals surface area contributed by atoms with E-state index in [0.29, 0.717) is 11.6 Å². The van der Waals surface area contributed by atoms with Crippen molar-refractivity contribution in [2.24, 2.45) is 0 Å². The Labute approximate surface area is 152 Å². The number of anilines is 2. The molecule has 3 aromatic rings. The molecule has 132 valence electrons. The maximum absolute atomic E-state index is 11.9. The fraction of sp³-hybridized carbons (Fsp3) is 0.150. The van der Waals surface area contributed by atoms with Crippen LogP contribution in [0.3, 0.4) is 0 Å². The minimum absolute atomic E-state index is 0.0455. The van der Waals surface area contributed by atoms with Crippen molar-refractivity contribution in [1.82, 2.24) is 15.3 Å². The van der Waals surface area contributed by atoms with Crippen LogP contribution in [0, 0.1) is 0 Å². The number of carbonyl (C=O) groups is 1. The molecule has 3 rings (SSSR count). The number of amides is 1. The summed E-state index contributed by atoms with van der Waals surface area (Å²) in [5, 5.41) is 5.95. The van der Waals surface area contributed by atoms with Gasteiger partial charge in [-0.1, -0.05) is 30.3 Å². The number of benzene rings is 2. The molecule has 0 unspecified atom stereocenters. The van der Waals surface area contributed by atoms with Gasteiger partial charge in [0.2, 0.25) is 0 Å². The molecule has 6 nitrogen and oxygen atoms in total. The Morgan fingerprint density at radius 1 is 0.962 bits per heavy atom. The van der Waals surface area contributed by atoms with Gasteiger partial charge in [-0.25, -0.2) is 9.97 Å². The van der Waals surface area contributed by atoms with Crippen molar-refractivity contribution in [2.45, 2.75) is 19.9 Å². The summed E-state index contributed by atoms with van der Waals surface area (Å²) >= 11 is 0. The number of hydrogen-bond donors (Lipinski definition) is 2. The summed E-state index contributed by atoms with van der Waals surface area (Å²) in [6, 6.07) is 17.1. The van der Waals surface area contributed by atoms with Crippen molar-refractivity contribution in [3.8, 4) is 11.5 Å². The molecule has 0 radical (unpaired) electrons. The Kier molecular flexibility index (Phi) is 5.43. The molecule has 0 spiro atoms. The van der Waals surface area contributed by atoms with Gasteiger partial charge in [-0.2, -0.15) is 0 Å². The molecular weight excluding hydrogens is 328 g/mol. The van der Waals surface area contributed by atoms with Crippen LogP contribution in [0.15, 0.2) is 67.0 Å². The van der Waals surface area contributed by atoms with Gasteiger partial charge in [0.25, 0.3) is 5.91 Å². The van der Waals surface area contributed by atoms with Crippen LogP contribution in [0.1, 0.15) is 24.3 Å². The van der Waals surface area contributed by atoms with Gasteiger partial charge in [0.15, 0.2) is 5.75 Å². The third-order valence-corrected chi connectivity index (χ3v) is 3.43. The fourth-order valence-electron chi connectivity index (χ4n) is 2.26. The Morgan fingerprint density at radius 3 is 2.38 bits per heavy atom. The zero-order chi connectivity index (χ0) is 18.4. The van der Waals surface area contributed by atoms with Gasteiger partial charge in [0, 0.05) is 6.04 Å². The molecule has 1 heterocycles. The molecule has 1 amide bonds. The highest BCUT2D eigenvalue weighted by molar-refractivity contribution is 5.92. The van der Waals surface area contributed by atoms with Crippen molar-refractivity contribution >= 4 is 17.4 Å². The van der Waals surface area contributed by atoms with E-state index >= 15 is 0 Å². The number of nitrogens with zero attached hydrogens (tertiary/aromatic N) is 2. The standard InChI is InChI=1S/C20H20N4O2/c1-14(2)23-20(25)17-12-22-19(13-21-17)24-16-10-6-7-11-18(16)26-15-8-4-3-5-9-15/h3-14H,1-2H3,(H,22,24)(H,23,25). The van der Waals surface area contributed by atoms with Crippen LogP contribution < -0.4 is 15.4 Å². The van der Waals surface area contributed by atoms with E-state index in [9.17, 15) is 4.79 Å². The fourth-order valence-corrected chi connectivity index (χ4v) is 2.26. The molecule has 2 N–H and O–H groups in total. The monoisotopic (exact) mass is 348 g/mol. The molecule has 6 heteroatoms. The molecule has 0 saturated heterocycles. The van der Waals surface area contributed by atoms with Crippen LogP contribution in [0.4, 0.5) is 11.5 Å². The van der Waals surface area contributed by atoms with Gasteiger partial charge in [-0.05, 0) is 38.1 Å². The summed E-state index contributed by atoms with van der Waals surface area (Å²) in [5.41, 5.74) is 1.03. The van der Waals surface area contributed by atoms with Crippen LogP contribution in [0.5, 0.6) is 11.5 Å². The van der Waals surface area contributed by atoms with Crippen LogP contribution in [0.2, 0.25) is 0 Å². The number of carbonyl (C=O) groups excluding carboxylic acids is 1. The van der Waals surface area contributed by atoms with Gasteiger partial charge in [0.05, 0.1) is 18.1 Å².